The molecule has 1 atom stereocenters. The summed E-state index contributed by atoms with van der Waals surface area (Å²) >= 11 is 7.41. The third kappa shape index (κ3) is 3.83. The van der Waals surface area contributed by atoms with Gasteiger partial charge in [0.15, 0.2) is 11.0 Å². The second-order valence-electron chi connectivity index (χ2n) is 5.99. The Morgan fingerprint density at radius 2 is 1.85 bits per heavy atom. The standard InChI is InChI=1S/C19H16IN3O2S/c1-11-3-6-14(7-4-11)23-18(25)15(17(24)22-19(23)26)10-21-16-8-5-13(20)9-12(16)2/h3-10,15H,1-2H3,(H,22,24,26)/t15-/m1/s1. The van der Waals surface area contributed by atoms with Crippen molar-refractivity contribution < 1.29 is 9.59 Å². The Bertz CT molecular complexity index is 925. The number of benzene rings is 2. The first kappa shape index (κ1) is 18.7. The van der Waals surface area contributed by atoms with Gasteiger partial charge in [-0.3, -0.25) is 19.5 Å². The topological polar surface area (TPSA) is 61.8 Å². The van der Waals surface area contributed by atoms with Crippen molar-refractivity contribution in [2.45, 2.75) is 13.8 Å². The van der Waals surface area contributed by atoms with E-state index in [4.69, 9.17) is 12.2 Å². The van der Waals surface area contributed by atoms with E-state index >= 15 is 0 Å². The van der Waals surface area contributed by atoms with Crippen molar-refractivity contribution in [3.05, 3.63) is 57.2 Å². The number of nitrogens with one attached hydrogen (secondary N) is 1. The highest BCUT2D eigenvalue weighted by molar-refractivity contribution is 14.1. The number of aliphatic imine (C=N–C) groups is 1. The molecule has 0 spiro atoms. The number of nitrogens with zero attached hydrogens (tertiary/aromatic N) is 2. The van der Waals surface area contributed by atoms with Crippen molar-refractivity contribution in [1.29, 1.82) is 0 Å². The van der Waals surface area contributed by atoms with E-state index in [1.165, 1.54) is 11.1 Å². The molecular formula is C19H16IN3O2S. The van der Waals surface area contributed by atoms with Gasteiger partial charge in [0.25, 0.3) is 5.91 Å². The molecule has 132 valence electrons. The number of rotatable bonds is 3. The van der Waals surface area contributed by atoms with Crippen LogP contribution in [0.25, 0.3) is 0 Å². The van der Waals surface area contributed by atoms with Crippen LogP contribution in [0.1, 0.15) is 11.1 Å². The van der Waals surface area contributed by atoms with Gasteiger partial charge in [-0.05, 0) is 84.6 Å². The van der Waals surface area contributed by atoms with Gasteiger partial charge < -0.3 is 5.32 Å². The first-order valence-corrected chi connectivity index (χ1v) is 9.41. The zero-order valence-electron chi connectivity index (χ0n) is 14.2. The summed E-state index contributed by atoms with van der Waals surface area (Å²) in [7, 11) is 0. The average Bonchev–Trinajstić information content (AvgIpc) is 2.57. The maximum Gasteiger partial charge on any atom is 0.251 e. The molecule has 0 saturated carbocycles. The summed E-state index contributed by atoms with van der Waals surface area (Å²) in [4.78, 5) is 30.8. The summed E-state index contributed by atoms with van der Waals surface area (Å²) in [6.07, 6.45) is 1.38. The van der Waals surface area contributed by atoms with Gasteiger partial charge in [0.2, 0.25) is 5.91 Å². The highest BCUT2D eigenvalue weighted by Crippen LogP contribution is 2.23. The largest absolute Gasteiger partial charge is 0.301 e. The van der Waals surface area contributed by atoms with Crippen LogP contribution in [0.5, 0.6) is 0 Å². The lowest BCUT2D eigenvalue weighted by molar-refractivity contribution is -0.130. The van der Waals surface area contributed by atoms with Crippen LogP contribution in [0, 0.1) is 23.3 Å². The molecule has 7 heteroatoms. The maximum absolute atomic E-state index is 12.9. The molecule has 0 radical (unpaired) electrons. The average molecular weight is 477 g/mol. The number of amides is 2. The van der Waals surface area contributed by atoms with E-state index in [0.717, 1.165) is 20.4 Å². The predicted octanol–water partition coefficient (Wildman–Crippen LogP) is 3.67. The summed E-state index contributed by atoms with van der Waals surface area (Å²) in [6.45, 7) is 3.89. The van der Waals surface area contributed by atoms with Gasteiger partial charge in [0, 0.05) is 9.78 Å². The fourth-order valence-electron chi connectivity index (χ4n) is 2.58. The lowest BCUT2D eigenvalue weighted by Gasteiger charge is -2.31. The van der Waals surface area contributed by atoms with E-state index in [9.17, 15) is 9.59 Å². The Morgan fingerprint density at radius 3 is 2.50 bits per heavy atom. The minimum atomic E-state index is -1.03. The molecule has 0 bridgehead atoms. The Hall–Kier alpha value is -2.13. The molecular weight excluding hydrogens is 461 g/mol. The quantitative estimate of drug-likeness (QED) is 0.318. The zero-order valence-corrected chi connectivity index (χ0v) is 17.2. The molecule has 1 heterocycles. The van der Waals surface area contributed by atoms with Gasteiger partial charge in [0.1, 0.15) is 0 Å². The number of carbonyl (C=O) groups is 2. The molecule has 3 rings (SSSR count). The molecule has 0 aliphatic carbocycles. The highest BCUT2D eigenvalue weighted by atomic mass is 127. The zero-order chi connectivity index (χ0) is 18.8. The van der Waals surface area contributed by atoms with Crippen LogP contribution < -0.4 is 10.2 Å². The number of hydrogen-bond donors (Lipinski definition) is 1. The van der Waals surface area contributed by atoms with Crippen molar-refractivity contribution in [3.8, 4) is 0 Å². The van der Waals surface area contributed by atoms with Gasteiger partial charge in [0.05, 0.1) is 11.4 Å². The smallest absolute Gasteiger partial charge is 0.251 e. The summed E-state index contributed by atoms with van der Waals surface area (Å²) in [5.41, 5.74) is 3.39. The van der Waals surface area contributed by atoms with Crippen molar-refractivity contribution in [2.75, 3.05) is 4.90 Å². The third-order valence-electron chi connectivity index (χ3n) is 4.02. The molecule has 1 aliphatic rings. The first-order chi connectivity index (χ1) is 12.4. The second-order valence-corrected chi connectivity index (χ2v) is 7.62. The van der Waals surface area contributed by atoms with Gasteiger partial charge >= 0.3 is 0 Å². The van der Waals surface area contributed by atoms with Gasteiger partial charge in [-0.25, -0.2) is 0 Å². The molecule has 1 fully saturated rings. The van der Waals surface area contributed by atoms with E-state index in [2.05, 4.69) is 32.9 Å². The monoisotopic (exact) mass is 477 g/mol. The van der Waals surface area contributed by atoms with Crippen LogP contribution in [0.4, 0.5) is 11.4 Å². The Labute approximate surface area is 170 Å². The highest BCUT2D eigenvalue weighted by Gasteiger charge is 2.38. The first-order valence-electron chi connectivity index (χ1n) is 7.92. The summed E-state index contributed by atoms with van der Waals surface area (Å²) in [5, 5.41) is 2.67. The Balaban J connectivity index is 1.90. The number of anilines is 1. The summed E-state index contributed by atoms with van der Waals surface area (Å²) < 4.78 is 1.10. The fraction of sp³-hybridized carbons (Fsp3) is 0.158. The number of halogens is 1. The van der Waals surface area contributed by atoms with Crippen molar-refractivity contribution >= 4 is 69.3 Å². The summed E-state index contributed by atoms with van der Waals surface area (Å²) in [6, 6.07) is 13.2. The molecule has 2 aromatic carbocycles. The van der Waals surface area contributed by atoms with E-state index in [0.29, 0.717) is 5.69 Å². The molecule has 26 heavy (non-hydrogen) atoms. The molecule has 1 saturated heterocycles. The van der Waals surface area contributed by atoms with E-state index < -0.39 is 17.7 Å². The summed E-state index contributed by atoms with van der Waals surface area (Å²) in [5.74, 6) is -1.90. The number of hydrogen-bond acceptors (Lipinski definition) is 4. The molecule has 5 nitrogen and oxygen atoms in total. The molecule has 0 unspecified atom stereocenters. The third-order valence-corrected chi connectivity index (χ3v) is 4.97. The molecule has 0 aromatic heterocycles. The van der Waals surface area contributed by atoms with Crippen LogP contribution >= 0.6 is 34.8 Å². The maximum atomic E-state index is 12.9. The van der Waals surface area contributed by atoms with Crippen LogP contribution in [0.15, 0.2) is 47.5 Å². The Morgan fingerprint density at radius 1 is 1.15 bits per heavy atom. The minimum Gasteiger partial charge on any atom is -0.301 e. The van der Waals surface area contributed by atoms with Gasteiger partial charge in [-0.2, -0.15) is 0 Å². The van der Waals surface area contributed by atoms with Crippen molar-refractivity contribution in [3.63, 3.8) is 0 Å². The number of aryl methyl sites for hydroxylation is 2. The van der Waals surface area contributed by atoms with Crippen molar-refractivity contribution in [1.82, 2.24) is 5.32 Å². The van der Waals surface area contributed by atoms with Crippen LogP contribution in [-0.2, 0) is 9.59 Å². The lowest BCUT2D eigenvalue weighted by atomic mass is 10.1. The normalized spacial score (nSPS) is 17.7. The molecule has 2 aromatic rings. The van der Waals surface area contributed by atoms with Gasteiger partial charge in [-0.1, -0.05) is 17.7 Å². The second kappa shape index (κ2) is 7.63. The Kier molecular flexibility index (Phi) is 5.47. The number of carbonyl (C=O) groups excluding carboxylic acids is 2. The minimum absolute atomic E-state index is 0.0824. The molecule has 1 aliphatic heterocycles. The van der Waals surface area contributed by atoms with E-state index in [1.54, 1.807) is 12.1 Å². The van der Waals surface area contributed by atoms with Crippen LogP contribution in [0.2, 0.25) is 0 Å². The SMILES string of the molecule is Cc1ccc(N2C(=O)[C@H](C=Nc3ccc(I)cc3C)C(=O)NC2=S)cc1. The molecule has 1 N–H and O–H groups in total. The lowest BCUT2D eigenvalue weighted by Crippen LogP contribution is -2.58. The van der Waals surface area contributed by atoms with E-state index in [1.807, 2.05) is 44.2 Å². The fourth-order valence-corrected chi connectivity index (χ4v) is 3.52. The van der Waals surface area contributed by atoms with Crippen LogP contribution in [0.3, 0.4) is 0 Å². The van der Waals surface area contributed by atoms with Gasteiger partial charge in [-0.15, -0.1) is 0 Å². The predicted molar refractivity (Wildman–Crippen MR) is 115 cm³/mol. The molecule has 2 amide bonds. The van der Waals surface area contributed by atoms with Crippen molar-refractivity contribution in [2.24, 2.45) is 10.9 Å². The van der Waals surface area contributed by atoms with Crippen LogP contribution in [-0.4, -0.2) is 23.1 Å². The van der Waals surface area contributed by atoms with E-state index in [-0.39, 0.29) is 5.11 Å². The number of thiocarbonyl (C=S) groups is 1.